The first-order valence-corrected chi connectivity index (χ1v) is 6.03. The number of nitrogens with zero attached hydrogens (tertiary/aromatic N) is 1. The summed E-state index contributed by atoms with van der Waals surface area (Å²) < 4.78 is 5.55. The molecule has 0 saturated heterocycles. The Morgan fingerprint density at radius 3 is 2.81 bits per heavy atom. The van der Waals surface area contributed by atoms with E-state index in [1.807, 2.05) is 19.9 Å². The normalized spacial score (nSPS) is 11.1. The monoisotopic (exact) mass is 229 g/mol. The Morgan fingerprint density at radius 1 is 1.19 bits per heavy atom. The van der Waals surface area contributed by atoms with Crippen molar-refractivity contribution in [3.05, 3.63) is 41.1 Å². The van der Waals surface area contributed by atoms with Crippen molar-refractivity contribution in [2.24, 2.45) is 0 Å². The zero-order chi connectivity index (χ0) is 11.1. The average molecular weight is 229 g/mol. The van der Waals surface area contributed by atoms with Gasteiger partial charge in [0.05, 0.1) is 0 Å². The molecule has 0 aliphatic rings. The van der Waals surface area contributed by atoms with Gasteiger partial charge in [0.2, 0.25) is 0 Å². The van der Waals surface area contributed by atoms with Crippen LogP contribution in [0, 0.1) is 13.8 Å². The van der Waals surface area contributed by atoms with E-state index in [0.29, 0.717) is 0 Å². The second kappa shape index (κ2) is 3.46. The maximum Gasteiger partial charge on any atom is 0.134 e. The fourth-order valence-corrected chi connectivity index (χ4v) is 2.59. The van der Waals surface area contributed by atoms with Crippen molar-refractivity contribution in [2.75, 3.05) is 0 Å². The fourth-order valence-electron chi connectivity index (χ4n) is 1.80. The molecule has 0 fully saturated rings. The number of thiazole rings is 1. The minimum absolute atomic E-state index is 0.939. The number of fused-ring (bicyclic) bond motifs is 1. The molecule has 80 valence electrons. The number of hydrogen-bond acceptors (Lipinski definition) is 3. The summed E-state index contributed by atoms with van der Waals surface area (Å²) in [4.78, 5) is 4.48. The number of rotatable bonds is 1. The van der Waals surface area contributed by atoms with Crippen molar-refractivity contribution < 1.29 is 4.42 Å². The third-order valence-electron chi connectivity index (χ3n) is 2.51. The highest BCUT2D eigenvalue weighted by Crippen LogP contribution is 2.28. The highest BCUT2D eigenvalue weighted by Gasteiger charge is 2.05. The summed E-state index contributed by atoms with van der Waals surface area (Å²) >= 11 is 1.68. The van der Waals surface area contributed by atoms with E-state index in [1.165, 1.54) is 0 Å². The summed E-state index contributed by atoms with van der Waals surface area (Å²) in [7, 11) is 0. The van der Waals surface area contributed by atoms with Crippen molar-refractivity contribution in [1.29, 1.82) is 0 Å². The van der Waals surface area contributed by atoms with Gasteiger partial charge in [0.15, 0.2) is 0 Å². The van der Waals surface area contributed by atoms with Gasteiger partial charge in [-0.3, -0.25) is 0 Å². The van der Waals surface area contributed by atoms with Crippen LogP contribution in [0.15, 0.2) is 34.1 Å². The van der Waals surface area contributed by atoms with Crippen molar-refractivity contribution in [1.82, 2.24) is 4.98 Å². The Kier molecular flexibility index (Phi) is 2.07. The summed E-state index contributed by atoms with van der Waals surface area (Å²) in [5.74, 6) is 0.947. The van der Waals surface area contributed by atoms with Crippen LogP contribution in [-0.4, -0.2) is 4.98 Å². The molecule has 0 atom stereocenters. The summed E-state index contributed by atoms with van der Waals surface area (Å²) in [5.41, 5.74) is 3.17. The second-order valence-electron chi connectivity index (χ2n) is 3.90. The van der Waals surface area contributed by atoms with Gasteiger partial charge in [0, 0.05) is 22.0 Å². The highest BCUT2D eigenvalue weighted by atomic mass is 32.1. The smallest absolute Gasteiger partial charge is 0.134 e. The molecule has 2 heterocycles. The van der Waals surface area contributed by atoms with E-state index in [4.69, 9.17) is 4.42 Å². The van der Waals surface area contributed by atoms with Gasteiger partial charge < -0.3 is 4.42 Å². The first-order chi connectivity index (χ1) is 7.72. The molecule has 0 bridgehead atoms. The lowest BCUT2D eigenvalue weighted by Crippen LogP contribution is -1.76. The molecule has 2 aromatic heterocycles. The molecule has 2 nitrogen and oxygen atoms in total. The summed E-state index contributed by atoms with van der Waals surface area (Å²) in [6.07, 6.45) is 0. The number of furan rings is 1. The van der Waals surface area contributed by atoms with Crippen LogP contribution in [0.5, 0.6) is 0 Å². The van der Waals surface area contributed by atoms with Gasteiger partial charge in [-0.25, -0.2) is 4.98 Å². The van der Waals surface area contributed by atoms with Crippen LogP contribution in [-0.2, 0) is 0 Å². The minimum Gasteiger partial charge on any atom is -0.461 e. The van der Waals surface area contributed by atoms with Crippen molar-refractivity contribution in [3.8, 4) is 10.6 Å². The van der Waals surface area contributed by atoms with E-state index in [1.54, 1.807) is 11.3 Å². The lowest BCUT2D eigenvalue weighted by Gasteiger charge is -1.95. The molecule has 0 aliphatic carbocycles. The molecule has 0 aliphatic heterocycles. The van der Waals surface area contributed by atoms with Crippen LogP contribution in [0.1, 0.15) is 11.5 Å². The predicted octanol–water partition coefficient (Wildman–Crippen LogP) is 4.17. The van der Waals surface area contributed by atoms with E-state index >= 15 is 0 Å². The maximum absolute atomic E-state index is 5.55. The molecule has 0 spiro atoms. The lowest BCUT2D eigenvalue weighted by molar-refractivity contribution is 0.578. The maximum atomic E-state index is 5.55. The molecule has 3 aromatic rings. The number of hydrogen-bond donors (Lipinski definition) is 0. The first-order valence-electron chi connectivity index (χ1n) is 5.15. The van der Waals surface area contributed by atoms with E-state index in [2.05, 4.69) is 28.6 Å². The van der Waals surface area contributed by atoms with Gasteiger partial charge in [-0.15, -0.1) is 11.3 Å². The Hall–Kier alpha value is -1.61. The van der Waals surface area contributed by atoms with Crippen LogP contribution in [0.4, 0.5) is 0 Å². The van der Waals surface area contributed by atoms with Crippen LogP contribution in [0.25, 0.3) is 21.5 Å². The lowest BCUT2D eigenvalue weighted by atomic mass is 10.1. The zero-order valence-electron chi connectivity index (χ0n) is 9.15. The first kappa shape index (κ1) is 9.60. The summed E-state index contributed by atoms with van der Waals surface area (Å²) in [6, 6.07) is 8.25. The Morgan fingerprint density at radius 2 is 2.06 bits per heavy atom. The van der Waals surface area contributed by atoms with Gasteiger partial charge in [-0.2, -0.15) is 0 Å². The van der Waals surface area contributed by atoms with Crippen LogP contribution >= 0.6 is 11.3 Å². The molecule has 0 amide bonds. The van der Waals surface area contributed by atoms with E-state index in [-0.39, 0.29) is 0 Å². The van der Waals surface area contributed by atoms with Crippen molar-refractivity contribution in [2.45, 2.75) is 13.8 Å². The third kappa shape index (κ3) is 1.53. The Balaban J connectivity index is 2.17. The molecule has 0 radical (unpaired) electrons. The molecule has 0 saturated carbocycles. The minimum atomic E-state index is 0.939. The Bertz CT molecular complexity index is 651. The molecule has 0 unspecified atom stereocenters. The molecular formula is C13H11NOS. The average Bonchev–Trinajstić information content (AvgIpc) is 2.81. The van der Waals surface area contributed by atoms with Gasteiger partial charge in [0.1, 0.15) is 16.4 Å². The Labute approximate surface area is 97.6 Å². The van der Waals surface area contributed by atoms with Crippen LogP contribution in [0.3, 0.4) is 0 Å². The van der Waals surface area contributed by atoms with E-state index < -0.39 is 0 Å². The zero-order valence-corrected chi connectivity index (χ0v) is 9.97. The molecular weight excluding hydrogens is 218 g/mol. The topological polar surface area (TPSA) is 26.0 Å². The standard InChI is InChI=1S/C13H11NOS/c1-8-7-16-13(14-8)10-3-4-12-11(6-10)5-9(2)15-12/h3-7H,1-2H3. The van der Waals surface area contributed by atoms with Gasteiger partial charge >= 0.3 is 0 Å². The third-order valence-corrected chi connectivity index (χ3v) is 3.51. The molecule has 1 aromatic carbocycles. The van der Waals surface area contributed by atoms with Crippen molar-refractivity contribution >= 4 is 22.3 Å². The van der Waals surface area contributed by atoms with Gasteiger partial charge in [-0.1, -0.05) is 0 Å². The second-order valence-corrected chi connectivity index (χ2v) is 4.76. The molecule has 3 heteroatoms. The molecule has 16 heavy (non-hydrogen) atoms. The SMILES string of the molecule is Cc1csc(-c2ccc3oc(C)cc3c2)n1. The largest absolute Gasteiger partial charge is 0.461 e. The summed E-state index contributed by atoms with van der Waals surface area (Å²) in [5, 5.41) is 4.28. The van der Waals surface area contributed by atoms with E-state index in [0.717, 1.165) is 33.0 Å². The van der Waals surface area contributed by atoms with Crippen molar-refractivity contribution in [3.63, 3.8) is 0 Å². The van der Waals surface area contributed by atoms with Crippen LogP contribution < -0.4 is 0 Å². The number of aromatic nitrogens is 1. The van der Waals surface area contributed by atoms with Gasteiger partial charge in [0.25, 0.3) is 0 Å². The van der Waals surface area contributed by atoms with Crippen LogP contribution in [0.2, 0.25) is 0 Å². The fraction of sp³-hybridized carbons (Fsp3) is 0.154. The van der Waals surface area contributed by atoms with Gasteiger partial charge in [-0.05, 0) is 38.1 Å². The number of benzene rings is 1. The quantitative estimate of drug-likeness (QED) is 0.625. The predicted molar refractivity (Wildman–Crippen MR) is 66.8 cm³/mol. The van der Waals surface area contributed by atoms with E-state index in [9.17, 15) is 0 Å². The highest BCUT2D eigenvalue weighted by molar-refractivity contribution is 7.13. The molecule has 0 N–H and O–H groups in total. The molecule has 3 rings (SSSR count). The number of aryl methyl sites for hydroxylation is 2. The summed E-state index contributed by atoms with van der Waals surface area (Å²) in [6.45, 7) is 3.98.